The molecule has 150 valence electrons. The van der Waals surface area contributed by atoms with Crippen LogP contribution >= 0.6 is 11.8 Å². The van der Waals surface area contributed by atoms with Crippen LogP contribution in [0, 0.1) is 0 Å². The first-order valence-electron chi connectivity index (χ1n) is 8.87. The Kier molecular flexibility index (Phi) is 9.14. The average molecular weight is 404 g/mol. The van der Waals surface area contributed by atoms with Crippen molar-refractivity contribution in [3.05, 3.63) is 48.2 Å². The van der Waals surface area contributed by atoms with Gasteiger partial charge in [-0.3, -0.25) is 9.59 Å². The van der Waals surface area contributed by atoms with Crippen molar-refractivity contribution in [1.29, 1.82) is 0 Å². The number of carbonyl (C=O) groups excluding carboxylic acids is 2. The summed E-state index contributed by atoms with van der Waals surface area (Å²) in [6.07, 6.45) is 1.97. The van der Waals surface area contributed by atoms with Gasteiger partial charge < -0.3 is 19.5 Å². The number of pyridine rings is 1. The number of amides is 1. The van der Waals surface area contributed by atoms with E-state index in [0.29, 0.717) is 37.0 Å². The highest BCUT2D eigenvalue weighted by atomic mass is 32.2. The summed E-state index contributed by atoms with van der Waals surface area (Å²) in [6.45, 7) is 2.92. The van der Waals surface area contributed by atoms with Crippen LogP contribution in [-0.4, -0.2) is 42.1 Å². The number of ether oxygens (including phenoxy) is 3. The summed E-state index contributed by atoms with van der Waals surface area (Å²) in [4.78, 5) is 27.1. The predicted octanol–water partition coefficient (Wildman–Crippen LogP) is 3.19. The third-order valence-electron chi connectivity index (χ3n) is 3.57. The molecule has 2 rings (SSSR count). The predicted molar refractivity (Wildman–Crippen MR) is 108 cm³/mol. The summed E-state index contributed by atoms with van der Waals surface area (Å²) >= 11 is 1.37. The Bertz CT molecular complexity index is 767. The molecule has 1 N–H and O–H groups in total. The van der Waals surface area contributed by atoms with Crippen LogP contribution in [0.25, 0.3) is 0 Å². The highest BCUT2D eigenvalue weighted by molar-refractivity contribution is 7.99. The van der Waals surface area contributed by atoms with E-state index in [9.17, 15) is 9.59 Å². The largest absolute Gasteiger partial charge is 0.494 e. The Labute approximate surface area is 168 Å². The monoisotopic (exact) mass is 404 g/mol. The van der Waals surface area contributed by atoms with Crippen molar-refractivity contribution in [2.24, 2.45) is 0 Å². The summed E-state index contributed by atoms with van der Waals surface area (Å²) in [6, 6.07) is 10.9. The number of benzene rings is 1. The van der Waals surface area contributed by atoms with Gasteiger partial charge in [-0.05, 0) is 42.8 Å². The van der Waals surface area contributed by atoms with Gasteiger partial charge in [-0.15, -0.1) is 11.8 Å². The first-order chi connectivity index (χ1) is 13.6. The lowest BCUT2D eigenvalue weighted by molar-refractivity contribution is -0.137. The standard InChI is InChI=1S/C20H24N2O5S/c1-3-26-16-4-6-17(7-5-16)27-19-12-15(8-10-21-19)13-22-18(23)9-11-28-14-20(24)25-2/h4-8,10,12H,3,9,11,13-14H2,1-2H3,(H,22,23). The van der Waals surface area contributed by atoms with Crippen molar-refractivity contribution in [3.63, 3.8) is 0 Å². The first kappa shape index (κ1) is 21.6. The molecule has 0 fully saturated rings. The minimum Gasteiger partial charge on any atom is -0.494 e. The molecule has 0 aliphatic carbocycles. The number of nitrogens with zero attached hydrogens (tertiary/aromatic N) is 1. The highest BCUT2D eigenvalue weighted by Gasteiger charge is 2.06. The Morgan fingerprint density at radius 3 is 2.61 bits per heavy atom. The van der Waals surface area contributed by atoms with Gasteiger partial charge in [0.05, 0.1) is 19.5 Å². The van der Waals surface area contributed by atoms with Gasteiger partial charge in [0.15, 0.2) is 0 Å². The van der Waals surface area contributed by atoms with E-state index < -0.39 is 0 Å². The van der Waals surface area contributed by atoms with Gasteiger partial charge in [0.25, 0.3) is 0 Å². The van der Waals surface area contributed by atoms with E-state index in [-0.39, 0.29) is 17.6 Å². The molecule has 1 aromatic carbocycles. The number of hydrogen-bond donors (Lipinski definition) is 1. The molecule has 0 spiro atoms. The van der Waals surface area contributed by atoms with Crippen molar-refractivity contribution < 1.29 is 23.8 Å². The molecule has 0 unspecified atom stereocenters. The quantitative estimate of drug-likeness (QED) is 0.455. The summed E-state index contributed by atoms with van der Waals surface area (Å²) in [5, 5.41) is 2.85. The van der Waals surface area contributed by atoms with Crippen LogP contribution in [0.4, 0.5) is 0 Å². The van der Waals surface area contributed by atoms with E-state index >= 15 is 0 Å². The lowest BCUT2D eigenvalue weighted by Crippen LogP contribution is -2.23. The number of nitrogens with one attached hydrogen (secondary N) is 1. The zero-order valence-corrected chi connectivity index (χ0v) is 16.8. The Morgan fingerprint density at radius 2 is 1.89 bits per heavy atom. The zero-order valence-electron chi connectivity index (χ0n) is 16.0. The maximum Gasteiger partial charge on any atom is 0.315 e. The second-order valence-corrected chi connectivity index (χ2v) is 6.77. The van der Waals surface area contributed by atoms with Gasteiger partial charge in [-0.2, -0.15) is 0 Å². The number of carbonyl (C=O) groups is 2. The fourth-order valence-electron chi connectivity index (χ4n) is 2.18. The second-order valence-electron chi connectivity index (χ2n) is 5.66. The molecule has 1 aromatic heterocycles. The molecule has 1 heterocycles. The molecule has 0 aliphatic heterocycles. The third kappa shape index (κ3) is 7.87. The van der Waals surface area contributed by atoms with Crippen LogP contribution in [0.3, 0.4) is 0 Å². The highest BCUT2D eigenvalue weighted by Crippen LogP contribution is 2.23. The van der Waals surface area contributed by atoms with Gasteiger partial charge in [-0.1, -0.05) is 0 Å². The van der Waals surface area contributed by atoms with E-state index in [4.69, 9.17) is 9.47 Å². The summed E-state index contributed by atoms with van der Waals surface area (Å²) in [7, 11) is 1.35. The van der Waals surface area contributed by atoms with Gasteiger partial charge >= 0.3 is 5.97 Å². The molecule has 0 bridgehead atoms. The van der Waals surface area contributed by atoms with E-state index in [2.05, 4.69) is 15.0 Å². The van der Waals surface area contributed by atoms with E-state index in [1.54, 1.807) is 12.3 Å². The van der Waals surface area contributed by atoms with Crippen molar-refractivity contribution in [2.75, 3.05) is 25.2 Å². The van der Waals surface area contributed by atoms with Crippen LogP contribution in [0.5, 0.6) is 17.4 Å². The molecule has 0 atom stereocenters. The zero-order chi connectivity index (χ0) is 20.2. The number of hydrogen-bond acceptors (Lipinski definition) is 7. The van der Waals surface area contributed by atoms with E-state index in [1.807, 2.05) is 37.3 Å². The Hall–Kier alpha value is -2.74. The van der Waals surface area contributed by atoms with Crippen LogP contribution in [-0.2, 0) is 20.9 Å². The number of methoxy groups -OCH3 is 1. The number of thioether (sulfide) groups is 1. The third-order valence-corrected chi connectivity index (χ3v) is 4.50. The molecule has 0 saturated heterocycles. The van der Waals surface area contributed by atoms with E-state index in [1.165, 1.54) is 18.9 Å². The maximum absolute atomic E-state index is 11.9. The fourth-order valence-corrected chi connectivity index (χ4v) is 2.93. The molecule has 28 heavy (non-hydrogen) atoms. The van der Waals surface area contributed by atoms with Crippen molar-refractivity contribution in [1.82, 2.24) is 10.3 Å². The van der Waals surface area contributed by atoms with Crippen LogP contribution < -0.4 is 14.8 Å². The number of esters is 1. The van der Waals surface area contributed by atoms with Gasteiger partial charge in [0, 0.05) is 31.0 Å². The molecule has 0 radical (unpaired) electrons. The SMILES string of the molecule is CCOc1ccc(Oc2cc(CNC(=O)CCSCC(=O)OC)ccn2)cc1. The van der Waals surface area contributed by atoms with Crippen molar-refractivity contribution in [3.8, 4) is 17.4 Å². The molecule has 0 saturated carbocycles. The average Bonchev–Trinajstić information content (AvgIpc) is 2.71. The van der Waals surface area contributed by atoms with Gasteiger partial charge in [0.1, 0.15) is 11.5 Å². The first-order valence-corrected chi connectivity index (χ1v) is 10.0. The topological polar surface area (TPSA) is 86.8 Å². The molecule has 2 aromatic rings. The van der Waals surface area contributed by atoms with E-state index in [0.717, 1.165) is 11.3 Å². The van der Waals surface area contributed by atoms with Gasteiger partial charge in [-0.25, -0.2) is 4.98 Å². The molecular weight excluding hydrogens is 380 g/mol. The van der Waals surface area contributed by atoms with Crippen LogP contribution in [0.2, 0.25) is 0 Å². The van der Waals surface area contributed by atoms with Crippen LogP contribution in [0.15, 0.2) is 42.6 Å². The minimum absolute atomic E-state index is 0.0804. The number of aromatic nitrogens is 1. The molecular formula is C20H24N2O5S. The normalized spacial score (nSPS) is 10.2. The lowest BCUT2D eigenvalue weighted by Gasteiger charge is -2.09. The fraction of sp³-hybridized carbons (Fsp3) is 0.350. The molecule has 1 amide bonds. The maximum atomic E-state index is 11.9. The minimum atomic E-state index is -0.290. The Balaban J connectivity index is 1.77. The lowest BCUT2D eigenvalue weighted by atomic mass is 10.2. The molecule has 0 aliphatic rings. The Morgan fingerprint density at radius 1 is 1.14 bits per heavy atom. The summed E-state index contributed by atoms with van der Waals surface area (Å²) in [5.74, 6) is 2.32. The summed E-state index contributed by atoms with van der Waals surface area (Å²) < 4.78 is 15.7. The van der Waals surface area contributed by atoms with Crippen molar-refractivity contribution >= 4 is 23.6 Å². The number of rotatable bonds is 11. The summed E-state index contributed by atoms with van der Waals surface area (Å²) in [5.41, 5.74) is 0.881. The van der Waals surface area contributed by atoms with Gasteiger partial charge in [0.2, 0.25) is 11.8 Å². The second kappa shape index (κ2) is 11.9. The molecule has 7 nitrogen and oxygen atoms in total. The van der Waals surface area contributed by atoms with Crippen LogP contribution in [0.1, 0.15) is 18.9 Å². The molecule has 8 heteroatoms. The van der Waals surface area contributed by atoms with Crippen molar-refractivity contribution in [2.45, 2.75) is 19.9 Å². The smallest absolute Gasteiger partial charge is 0.315 e.